The summed E-state index contributed by atoms with van der Waals surface area (Å²) in [6.07, 6.45) is -0.570. The van der Waals surface area contributed by atoms with Crippen LogP contribution in [0.25, 0.3) is 0 Å². The van der Waals surface area contributed by atoms with Crippen LogP contribution in [-0.2, 0) is 14.4 Å². The van der Waals surface area contributed by atoms with Gasteiger partial charge >= 0.3 is 11.9 Å². The van der Waals surface area contributed by atoms with Gasteiger partial charge in [-0.05, 0) is 6.42 Å². The van der Waals surface area contributed by atoms with Gasteiger partial charge in [0.25, 0.3) is 0 Å². The van der Waals surface area contributed by atoms with Gasteiger partial charge in [0, 0.05) is 6.42 Å². The highest BCUT2D eigenvalue weighted by Crippen LogP contribution is 1.97. The Labute approximate surface area is 79.3 Å². The molecule has 0 spiro atoms. The second-order valence-electron chi connectivity index (χ2n) is 2.55. The average Bonchev–Trinajstić information content (AvgIpc) is 2.10. The molecule has 0 aromatic carbocycles. The van der Waals surface area contributed by atoms with E-state index in [0.29, 0.717) is 0 Å². The summed E-state index contributed by atoms with van der Waals surface area (Å²) in [5, 5.41) is 27.1. The van der Waals surface area contributed by atoms with Gasteiger partial charge in [0.1, 0.15) is 12.6 Å². The van der Waals surface area contributed by atoms with E-state index < -0.39 is 30.5 Å². The SMILES string of the molecule is O=C(O)CCC(NC(=O)CO)C(=O)O. The summed E-state index contributed by atoms with van der Waals surface area (Å²) in [5.74, 6) is -3.31. The normalized spacial score (nSPS) is 11.8. The first kappa shape index (κ1) is 12.4. The average molecular weight is 205 g/mol. The predicted molar refractivity (Wildman–Crippen MR) is 43.5 cm³/mol. The quantitative estimate of drug-likeness (QED) is 0.414. The molecule has 0 heterocycles. The topological polar surface area (TPSA) is 124 Å². The van der Waals surface area contributed by atoms with Crippen molar-refractivity contribution in [2.24, 2.45) is 0 Å². The fourth-order valence-corrected chi connectivity index (χ4v) is 0.765. The number of carboxylic acids is 2. The van der Waals surface area contributed by atoms with Gasteiger partial charge in [-0.15, -0.1) is 0 Å². The van der Waals surface area contributed by atoms with Gasteiger partial charge in [0.2, 0.25) is 5.91 Å². The van der Waals surface area contributed by atoms with Crippen LogP contribution >= 0.6 is 0 Å². The molecule has 0 fully saturated rings. The number of amides is 1. The minimum atomic E-state index is -1.33. The number of carbonyl (C=O) groups is 3. The molecule has 80 valence electrons. The van der Waals surface area contributed by atoms with Crippen LogP contribution in [0.2, 0.25) is 0 Å². The summed E-state index contributed by atoms with van der Waals surface area (Å²) >= 11 is 0. The molecule has 0 rings (SSSR count). The lowest BCUT2D eigenvalue weighted by atomic mass is 10.1. The Hall–Kier alpha value is -1.63. The zero-order valence-electron chi connectivity index (χ0n) is 7.27. The second kappa shape index (κ2) is 5.92. The Morgan fingerprint density at radius 1 is 1.21 bits per heavy atom. The molecule has 1 unspecified atom stereocenters. The van der Waals surface area contributed by atoms with E-state index in [1.54, 1.807) is 0 Å². The summed E-state index contributed by atoms with van der Waals surface area (Å²) in [7, 11) is 0. The largest absolute Gasteiger partial charge is 0.481 e. The molecule has 1 atom stereocenters. The fourth-order valence-electron chi connectivity index (χ4n) is 0.765. The number of aliphatic hydroxyl groups is 1. The maximum atomic E-state index is 10.6. The van der Waals surface area contributed by atoms with Gasteiger partial charge in [-0.2, -0.15) is 0 Å². The van der Waals surface area contributed by atoms with Gasteiger partial charge in [-0.3, -0.25) is 9.59 Å². The summed E-state index contributed by atoms with van der Waals surface area (Å²) in [6.45, 7) is -0.823. The second-order valence-corrected chi connectivity index (χ2v) is 2.55. The molecule has 0 bridgehead atoms. The predicted octanol–water partition coefficient (Wildman–Crippen LogP) is -1.59. The van der Waals surface area contributed by atoms with Crippen molar-refractivity contribution in [2.45, 2.75) is 18.9 Å². The van der Waals surface area contributed by atoms with Crippen molar-refractivity contribution < 1.29 is 29.7 Å². The third-order valence-corrected chi connectivity index (χ3v) is 1.42. The lowest BCUT2D eigenvalue weighted by Gasteiger charge is -2.11. The third-order valence-electron chi connectivity index (χ3n) is 1.42. The van der Waals surface area contributed by atoms with E-state index in [2.05, 4.69) is 0 Å². The van der Waals surface area contributed by atoms with E-state index in [-0.39, 0.29) is 12.8 Å². The maximum Gasteiger partial charge on any atom is 0.326 e. The maximum absolute atomic E-state index is 10.6. The molecule has 1 amide bonds. The molecule has 7 heteroatoms. The molecule has 7 nitrogen and oxygen atoms in total. The molecule has 0 aromatic rings. The van der Waals surface area contributed by atoms with Crippen LogP contribution in [0.3, 0.4) is 0 Å². The highest BCUT2D eigenvalue weighted by molar-refractivity contribution is 5.84. The van der Waals surface area contributed by atoms with Crippen molar-refractivity contribution in [2.75, 3.05) is 6.61 Å². The van der Waals surface area contributed by atoms with Gasteiger partial charge < -0.3 is 20.6 Å². The Morgan fingerprint density at radius 3 is 2.14 bits per heavy atom. The van der Waals surface area contributed by atoms with Crippen LogP contribution in [0, 0.1) is 0 Å². The van der Waals surface area contributed by atoms with Crippen molar-refractivity contribution in [3.05, 3.63) is 0 Å². The van der Waals surface area contributed by atoms with Crippen molar-refractivity contribution in [3.8, 4) is 0 Å². The first-order valence-corrected chi connectivity index (χ1v) is 3.82. The molecule has 0 saturated carbocycles. The highest BCUT2D eigenvalue weighted by Gasteiger charge is 2.20. The number of nitrogens with one attached hydrogen (secondary N) is 1. The monoisotopic (exact) mass is 205 g/mol. The van der Waals surface area contributed by atoms with Crippen LogP contribution < -0.4 is 5.32 Å². The summed E-state index contributed by atoms with van der Waals surface area (Å²) in [4.78, 5) is 31.2. The van der Waals surface area contributed by atoms with Crippen LogP contribution in [0.5, 0.6) is 0 Å². The molecule has 14 heavy (non-hydrogen) atoms. The fraction of sp³-hybridized carbons (Fsp3) is 0.571. The van der Waals surface area contributed by atoms with Crippen molar-refractivity contribution >= 4 is 17.8 Å². The van der Waals surface area contributed by atoms with Crippen LogP contribution in [0.4, 0.5) is 0 Å². The molecule has 0 aliphatic heterocycles. The zero-order valence-corrected chi connectivity index (χ0v) is 7.27. The number of carbonyl (C=O) groups excluding carboxylic acids is 1. The van der Waals surface area contributed by atoms with Gasteiger partial charge in [-0.1, -0.05) is 0 Å². The van der Waals surface area contributed by atoms with Crippen molar-refractivity contribution in [3.63, 3.8) is 0 Å². The van der Waals surface area contributed by atoms with Gasteiger partial charge in [0.05, 0.1) is 0 Å². The number of aliphatic hydroxyl groups excluding tert-OH is 1. The summed E-state index contributed by atoms with van der Waals surface area (Å²) in [6, 6.07) is -1.27. The van der Waals surface area contributed by atoms with Crippen molar-refractivity contribution in [1.29, 1.82) is 0 Å². The Balaban J connectivity index is 4.09. The molecule has 0 aliphatic rings. The Morgan fingerprint density at radius 2 is 1.79 bits per heavy atom. The van der Waals surface area contributed by atoms with Crippen LogP contribution in [-0.4, -0.2) is 45.8 Å². The minimum absolute atomic E-state index is 0.212. The lowest BCUT2D eigenvalue weighted by molar-refractivity contribution is -0.143. The van der Waals surface area contributed by atoms with E-state index in [9.17, 15) is 14.4 Å². The molecule has 4 N–H and O–H groups in total. The minimum Gasteiger partial charge on any atom is -0.481 e. The molecule has 0 radical (unpaired) electrons. The summed E-state index contributed by atoms with van der Waals surface area (Å²) < 4.78 is 0. The number of hydrogen-bond donors (Lipinski definition) is 4. The number of aliphatic carboxylic acids is 2. The van der Waals surface area contributed by atoms with E-state index in [0.717, 1.165) is 0 Å². The first-order valence-electron chi connectivity index (χ1n) is 3.82. The Bertz CT molecular complexity index is 238. The smallest absolute Gasteiger partial charge is 0.326 e. The first-order chi connectivity index (χ1) is 6.47. The molecular formula is C7H11NO6. The lowest BCUT2D eigenvalue weighted by Crippen LogP contribution is -2.42. The van der Waals surface area contributed by atoms with Crippen LogP contribution in [0.1, 0.15) is 12.8 Å². The van der Waals surface area contributed by atoms with Gasteiger partial charge in [-0.25, -0.2) is 4.79 Å². The Kier molecular flexibility index (Phi) is 5.23. The van der Waals surface area contributed by atoms with Crippen molar-refractivity contribution in [1.82, 2.24) is 5.32 Å². The number of carboxylic acid groups (broad SMARTS) is 2. The van der Waals surface area contributed by atoms with E-state index in [1.165, 1.54) is 0 Å². The van der Waals surface area contributed by atoms with Gasteiger partial charge in [0.15, 0.2) is 0 Å². The van der Waals surface area contributed by atoms with E-state index >= 15 is 0 Å². The molecular weight excluding hydrogens is 194 g/mol. The highest BCUT2D eigenvalue weighted by atomic mass is 16.4. The van der Waals surface area contributed by atoms with E-state index in [4.69, 9.17) is 15.3 Å². The van der Waals surface area contributed by atoms with E-state index in [1.807, 2.05) is 5.32 Å². The summed E-state index contributed by atoms with van der Waals surface area (Å²) in [5.41, 5.74) is 0. The number of hydrogen-bond acceptors (Lipinski definition) is 4. The number of rotatable bonds is 6. The standard InChI is InChI=1S/C7H11NO6/c9-3-5(10)8-4(7(13)14)1-2-6(11)12/h4,9H,1-3H2,(H,8,10)(H,11,12)(H,13,14). The molecule has 0 aromatic heterocycles. The van der Waals surface area contributed by atoms with Crippen LogP contribution in [0.15, 0.2) is 0 Å². The zero-order chi connectivity index (χ0) is 11.1. The molecule has 0 aliphatic carbocycles. The molecule has 0 saturated heterocycles. The third kappa shape index (κ3) is 5.09.